The number of anilines is 1. The second-order valence-corrected chi connectivity index (χ2v) is 5.11. The Morgan fingerprint density at radius 1 is 1.50 bits per heavy atom. The third-order valence-corrected chi connectivity index (χ3v) is 3.43. The Morgan fingerprint density at radius 3 is 2.88 bits per heavy atom. The topological polar surface area (TPSA) is 47.0 Å². The molecule has 1 aromatic rings. The highest BCUT2D eigenvalue weighted by molar-refractivity contribution is 8.00. The number of thioether (sulfide) groups is 1. The lowest BCUT2D eigenvalue weighted by molar-refractivity contribution is 0.0454. The summed E-state index contributed by atoms with van der Waals surface area (Å²) in [6.45, 7) is 3.82. The average Bonchev–Trinajstić information content (AvgIpc) is 2.24. The predicted molar refractivity (Wildman–Crippen MR) is 66.0 cm³/mol. The molecule has 1 aliphatic rings. The van der Waals surface area contributed by atoms with Crippen molar-refractivity contribution in [3.8, 4) is 0 Å². The Hall–Kier alpha value is -0.810. The summed E-state index contributed by atoms with van der Waals surface area (Å²) in [5.74, 6) is 1.83. The Balaban J connectivity index is 2.11. The molecule has 5 heteroatoms. The zero-order chi connectivity index (χ0) is 11.4. The van der Waals surface area contributed by atoms with Crippen LogP contribution in [0.2, 0.25) is 0 Å². The molecule has 1 aromatic heterocycles. The van der Waals surface area contributed by atoms with E-state index in [0.29, 0.717) is 5.25 Å². The van der Waals surface area contributed by atoms with Gasteiger partial charge < -0.3 is 10.1 Å². The van der Waals surface area contributed by atoms with Crippen molar-refractivity contribution in [2.45, 2.75) is 30.0 Å². The van der Waals surface area contributed by atoms with Gasteiger partial charge in [-0.25, -0.2) is 9.97 Å². The summed E-state index contributed by atoms with van der Waals surface area (Å²) >= 11 is 1.78. The summed E-state index contributed by atoms with van der Waals surface area (Å²) in [6, 6.07) is 2.00. The maximum atomic E-state index is 5.16. The molecule has 0 amide bonds. The summed E-state index contributed by atoms with van der Waals surface area (Å²) < 4.78 is 5.16. The zero-order valence-corrected chi connectivity index (χ0v) is 10.5. The van der Waals surface area contributed by atoms with E-state index in [-0.39, 0.29) is 0 Å². The monoisotopic (exact) mass is 239 g/mol. The van der Waals surface area contributed by atoms with Crippen LogP contribution in [-0.4, -0.2) is 35.5 Å². The lowest BCUT2D eigenvalue weighted by Crippen LogP contribution is -2.30. The molecule has 1 saturated heterocycles. The van der Waals surface area contributed by atoms with Gasteiger partial charge in [-0.2, -0.15) is 0 Å². The van der Waals surface area contributed by atoms with Crippen molar-refractivity contribution in [3.63, 3.8) is 0 Å². The van der Waals surface area contributed by atoms with Crippen LogP contribution >= 0.6 is 11.8 Å². The molecular formula is C11H17N3OS. The Morgan fingerprint density at radius 2 is 2.31 bits per heavy atom. The van der Waals surface area contributed by atoms with Crippen molar-refractivity contribution >= 4 is 17.6 Å². The lowest BCUT2D eigenvalue weighted by atomic mass is 10.3. The van der Waals surface area contributed by atoms with Gasteiger partial charge in [0.25, 0.3) is 0 Å². The van der Waals surface area contributed by atoms with Crippen molar-refractivity contribution in [1.82, 2.24) is 9.97 Å². The maximum Gasteiger partial charge on any atom is 0.132 e. The van der Waals surface area contributed by atoms with Crippen LogP contribution in [0.5, 0.6) is 0 Å². The third-order valence-electron chi connectivity index (χ3n) is 2.37. The van der Waals surface area contributed by atoms with Gasteiger partial charge in [0.15, 0.2) is 0 Å². The minimum absolute atomic E-state index is 0.564. The molecule has 4 nitrogen and oxygen atoms in total. The van der Waals surface area contributed by atoms with Crippen LogP contribution in [0.4, 0.5) is 5.82 Å². The number of aryl methyl sites for hydroxylation is 1. The number of ether oxygens (including phenoxy) is 1. The van der Waals surface area contributed by atoms with Gasteiger partial charge in [0.2, 0.25) is 0 Å². The Kier molecular flexibility index (Phi) is 4.01. The summed E-state index contributed by atoms with van der Waals surface area (Å²) in [5, 5.41) is 4.70. The van der Waals surface area contributed by atoms with Crippen molar-refractivity contribution in [2.75, 3.05) is 25.6 Å². The first kappa shape index (κ1) is 11.7. The fourth-order valence-electron chi connectivity index (χ4n) is 1.45. The van der Waals surface area contributed by atoms with Crippen LogP contribution in [0.1, 0.15) is 19.2 Å². The number of nitrogens with one attached hydrogen (secondary N) is 1. The quantitative estimate of drug-likeness (QED) is 0.796. The van der Waals surface area contributed by atoms with E-state index in [1.54, 1.807) is 11.8 Å². The van der Waals surface area contributed by atoms with E-state index in [0.717, 1.165) is 42.7 Å². The molecule has 1 fully saturated rings. The Bertz CT molecular complexity index is 355. The van der Waals surface area contributed by atoms with Gasteiger partial charge in [0.05, 0.1) is 18.5 Å². The summed E-state index contributed by atoms with van der Waals surface area (Å²) in [4.78, 5) is 8.98. The van der Waals surface area contributed by atoms with Gasteiger partial charge in [-0.3, -0.25) is 0 Å². The molecule has 0 spiro atoms. The van der Waals surface area contributed by atoms with Crippen molar-refractivity contribution in [2.24, 2.45) is 0 Å². The molecule has 1 aliphatic heterocycles. The van der Waals surface area contributed by atoms with Crippen LogP contribution < -0.4 is 5.32 Å². The zero-order valence-electron chi connectivity index (χ0n) is 9.69. The molecular weight excluding hydrogens is 222 g/mol. The van der Waals surface area contributed by atoms with Gasteiger partial charge in [-0.15, -0.1) is 0 Å². The molecule has 2 rings (SSSR count). The largest absolute Gasteiger partial charge is 0.379 e. The predicted octanol–water partition coefficient (Wildman–Crippen LogP) is 1.96. The van der Waals surface area contributed by atoms with E-state index in [1.165, 1.54) is 0 Å². The number of aromatic nitrogens is 2. The van der Waals surface area contributed by atoms with E-state index in [1.807, 2.05) is 13.1 Å². The molecule has 0 bridgehead atoms. The summed E-state index contributed by atoms with van der Waals surface area (Å²) in [6.07, 6.45) is 2.01. The molecule has 0 radical (unpaired) electrons. The minimum Gasteiger partial charge on any atom is -0.379 e. The van der Waals surface area contributed by atoms with Crippen molar-refractivity contribution in [1.29, 1.82) is 0 Å². The van der Waals surface area contributed by atoms with E-state index in [4.69, 9.17) is 4.74 Å². The fourth-order valence-corrected chi connectivity index (χ4v) is 2.46. The normalized spacial score (nSPS) is 15.9. The van der Waals surface area contributed by atoms with Crippen LogP contribution in [0, 0.1) is 0 Å². The number of rotatable bonds is 5. The molecule has 2 heterocycles. The third kappa shape index (κ3) is 2.86. The molecule has 88 valence electrons. The standard InChI is InChI=1S/C11H17N3OS/c1-3-4-9-13-10(12-2)5-11(14-9)16-8-6-15-7-8/h5,8H,3-4,6-7H2,1-2H3,(H,12,13,14). The molecule has 0 aliphatic carbocycles. The van der Waals surface area contributed by atoms with E-state index in [9.17, 15) is 0 Å². The van der Waals surface area contributed by atoms with Gasteiger partial charge >= 0.3 is 0 Å². The first-order valence-electron chi connectivity index (χ1n) is 5.62. The van der Waals surface area contributed by atoms with Gasteiger partial charge in [-0.05, 0) is 6.42 Å². The average molecular weight is 239 g/mol. The van der Waals surface area contributed by atoms with Gasteiger partial charge in [0.1, 0.15) is 16.7 Å². The van der Waals surface area contributed by atoms with E-state index >= 15 is 0 Å². The molecule has 0 saturated carbocycles. The van der Waals surface area contributed by atoms with Gasteiger partial charge in [-0.1, -0.05) is 18.7 Å². The second kappa shape index (κ2) is 5.50. The van der Waals surface area contributed by atoms with Crippen molar-refractivity contribution < 1.29 is 4.74 Å². The summed E-state index contributed by atoms with van der Waals surface area (Å²) in [5.41, 5.74) is 0. The highest BCUT2D eigenvalue weighted by Gasteiger charge is 2.20. The van der Waals surface area contributed by atoms with Crippen LogP contribution in [0.25, 0.3) is 0 Å². The van der Waals surface area contributed by atoms with Crippen molar-refractivity contribution in [3.05, 3.63) is 11.9 Å². The molecule has 0 atom stereocenters. The Labute approximate surface area is 100 Å². The van der Waals surface area contributed by atoms with Gasteiger partial charge in [0, 0.05) is 19.5 Å². The number of hydrogen-bond donors (Lipinski definition) is 1. The van der Waals surface area contributed by atoms with Crippen LogP contribution in [-0.2, 0) is 11.2 Å². The molecule has 0 aromatic carbocycles. The van der Waals surface area contributed by atoms with Crippen LogP contribution in [0.3, 0.4) is 0 Å². The number of nitrogens with zero attached hydrogens (tertiary/aromatic N) is 2. The highest BCUT2D eigenvalue weighted by Crippen LogP contribution is 2.27. The summed E-state index contributed by atoms with van der Waals surface area (Å²) in [7, 11) is 1.89. The highest BCUT2D eigenvalue weighted by atomic mass is 32.2. The minimum atomic E-state index is 0.564. The first-order valence-corrected chi connectivity index (χ1v) is 6.50. The molecule has 1 N–H and O–H groups in total. The fraction of sp³-hybridized carbons (Fsp3) is 0.636. The van der Waals surface area contributed by atoms with Crippen LogP contribution in [0.15, 0.2) is 11.1 Å². The maximum absolute atomic E-state index is 5.16. The van der Waals surface area contributed by atoms with E-state index in [2.05, 4.69) is 22.2 Å². The smallest absolute Gasteiger partial charge is 0.132 e. The SMILES string of the molecule is CCCc1nc(NC)cc(SC2COC2)n1. The number of hydrogen-bond acceptors (Lipinski definition) is 5. The second-order valence-electron chi connectivity index (χ2n) is 3.78. The first-order chi connectivity index (χ1) is 7.81. The van der Waals surface area contributed by atoms with E-state index < -0.39 is 0 Å². The lowest BCUT2D eigenvalue weighted by Gasteiger charge is -2.24. The molecule has 0 unspecified atom stereocenters. The molecule has 16 heavy (non-hydrogen) atoms.